The minimum absolute atomic E-state index is 0.212. The van der Waals surface area contributed by atoms with Crippen LogP contribution in [0, 0.1) is 5.41 Å². The zero-order chi connectivity index (χ0) is 18.8. The highest BCUT2D eigenvalue weighted by Gasteiger charge is 2.34. The van der Waals surface area contributed by atoms with Gasteiger partial charge >= 0.3 is 5.69 Å². The fraction of sp³-hybridized carbons (Fsp3) is 0.444. The Bertz CT molecular complexity index is 869. The van der Waals surface area contributed by atoms with Gasteiger partial charge in [0.05, 0.1) is 0 Å². The van der Waals surface area contributed by atoms with E-state index >= 15 is 0 Å². The molecule has 7 nitrogen and oxygen atoms in total. The highest BCUT2D eigenvalue weighted by atomic mass is 16.2. The lowest BCUT2D eigenvalue weighted by molar-refractivity contribution is 0.157. The Morgan fingerprint density at radius 3 is 2.36 bits per heavy atom. The Balaban J connectivity index is 2.54. The van der Waals surface area contributed by atoms with Crippen molar-refractivity contribution in [2.24, 2.45) is 14.1 Å². The maximum absolute atomic E-state index is 12.5. The van der Waals surface area contributed by atoms with E-state index in [0.717, 1.165) is 14.8 Å². The van der Waals surface area contributed by atoms with E-state index in [9.17, 15) is 9.59 Å². The molecule has 0 aliphatic heterocycles. The summed E-state index contributed by atoms with van der Waals surface area (Å²) >= 11 is 0. The topological polar surface area (TPSA) is 84.0 Å². The monoisotopic (exact) mass is 343 g/mol. The van der Waals surface area contributed by atoms with Crippen LogP contribution in [-0.2, 0) is 19.6 Å². The quantitative estimate of drug-likeness (QED) is 0.796. The predicted octanol–water partition coefficient (Wildman–Crippen LogP) is 1.08. The molecule has 1 aromatic heterocycles. The van der Waals surface area contributed by atoms with Gasteiger partial charge in [-0.1, -0.05) is 30.3 Å². The summed E-state index contributed by atoms with van der Waals surface area (Å²) in [4.78, 5) is 26.4. The molecule has 0 aliphatic carbocycles. The smallest absolute Gasteiger partial charge is 0.312 e. The molecule has 134 valence electrons. The van der Waals surface area contributed by atoms with Crippen molar-refractivity contribution >= 4 is 6.21 Å². The molecule has 0 fully saturated rings. The van der Waals surface area contributed by atoms with Crippen LogP contribution in [0.15, 0.2) is 39.9 Å². The molecule has 0 amide bonds. The van der Waals surface area contributed by atoms with Crippen molar-refractivity contribution in [3.63, 3.8) is 0 Å². The molecule has 7 heteroatoms. The summed E-state index contributed by atoms with van der Waals surface area (Å²) in [5, 5.41) is 12.0. The van der Waals surface area contributed by atoms with Crippen molar-refractivity contribution in [1.82, 2.24) is 19.2 Å². The van der Waals surface area contributed by atoms with Crippen molar-refractivity contribution in [2.45, 2.75) is 24.8 Å². The number of rotatable bonds is 6. The number of aryl methyl sites for hydroxylation is 1. The Hall–Kier alpha value is -2.54. The van der Waals surface area contributed by atoms with E-state index in [1.807, 2.05) is 44.4 Å². The second-order valence-electron chi connectivity index (χ2n) is 6.67. The SMILES string of the molecule is CN(C)C(C)(CC(C=N)c1nn(C)c(=O)n(C)c1=O)c1ccccc1. The largest absolute Gasteiger partial charge is 0.346 e. The van der Waals surface area contributed by atoms with Gasteiger partial charge in [-0.15, -0.1) is 0 Å². The number of benzene rings is 1. The summed E-state index contributed by atoms with van der Waals surface area (Å²) in [6, 6.07) is 9.97. The van der Waals surface area contributed by atoms with E-state index < -0.39 is 22.7 Å². The Morgan fingerprint density at radius 1 is 1.24 bits per heavy atom. The second-order valence-corrected chi connectivity index (χ2v) is 6.67. The normalized spacial score (nSPS) is 15.0. The Labute approximate surface area is 147 Å². The van der Waals surface area contributed by atoms with Gasteiger partial charge in [0.1, 0.15) is 5.69 Å². The first kappa shape index (κ1) is 18.8. The predicted molar refractivity (Wildman–Crippen MR) is 98.3 cm³/mol. The molecule has 2 unspecified atom stereocenters. The molecule has 25 heavy (non-hydrogen) atoms. The van der Waals surface area contributed by atoms with E-state index in [1.165, 1.54) is 20.3 Å². The minimum Gasteiger partial charge on any atom is -0.312 e. The minimum atomic E-state index is -0.502. The zero-order valence-corrected chi connectivity index (χ0v) is 15.4. The van der Waals surface area contributed by atoms with Crippen molar-refractivity contribution in [3.05, 3.63) is 62.4 Å². The number of nitrogens with zero attached hydrogens (tertiary/aromatic N) is 4. The first-order valence-electron chi connectivity index (χ1n) is 8.10. The van der Waals surface area contributed by atoms with Crippen LogP contribution >= 0.6 is 0 Å². The summed E-state index contributed by atoms with van der Waals surface area (Å²) in [7, 11) is 6.88. The second kappa shape index (κ2) is 7.14. The van der Waals surface area contributed by atoms with Crippen LogP contribution in [0.2, 0.25) is 0 Å². The van der Waals surface area contributed by atoms with E-state index in [0.29, 0.717) is 6.42 Å². The van der Waals surface area contributed by atoms with Gasteiger partial charge < -0.3 is 5.41 Å². The van der Waals surface area contributed by atoms with E-state index in [2.05, 4.69) is 16.9 Å². The molecule has 0 aliphatic rings. The lowest BCUT2D eigenvalue weighted by Gasteiger charge is -2.39. The maximum Gasteiger partial charge on any atom is 0.346 e. The fourth-order valence-electron chi connectivity index (χ4n) is 2.97. The van der Waals surface area contributed by atoms with E-state index in [4.69, 9.17) is 5.41 Å². The summed E-state index contributed by atoms with van der Waals surface area (Å²) < 4.78 is 2.18. The highest BCUT2D eigenvalue weighted by molar-refractivity contribution is 5.63. The average molecular weight is 343 g/mol. The van der Waals surface area contributed by atoms with Gasteiger partial charge in [-0.05, 0) is 33.0 Å². The van der Waals surface area contributed by atoms with Gasteiger partial charge in [0.25, 0.3) is 5.56 Å². The molecule has 0 saturated carbocycles. The number of hydrogen-bond donors (Lipinski definition) is 1. The first-order chi connectivity index (χ1) is 11.7. The summed E-state index contributed by atoms with van der Waals surface area (Å²) in [5.74, 6) is -0.502. The molecule has 2 rings (SSSR count). The van der Waals surface area contributed by atoms with Crippen LogP contribution in [0.5, 0.6) is 0 Å². The van der Waals surface area contributed by atoms with Gasteiger partial charge in [0.15, 0.2) is 0 Å². The Morgan fingerprint density at radius 2 is 1.84 bits per heavy atom. The molecule has 1 heterocycles. The van der Waals surface area contributed by atoms with Crippen LogP contribution in [0.3, 0.4) is 0 Å². The van der Waals surface area contributed by atoms with Gasteiger partial charge in [-0.2, -0.15) is 5.10 Å². The Kier molecular flexibility index (Phi) is 5.37. The van der Waals surface area contributed by atoms with Crippen LogP contribution < -0.4 is 11.2 Å². The van der Waals surface area contributed by atoms with Crippen LogP contribution in [0.25, 0.3) is 0 Å². The van der Waals surface area contributed by atoms with Crippen molar-refractivity contribution in [3.8, 4) is 0 Å². The fourth-order valence-corrected chi connectivity index (χ4v) is 2.97. The third-order valence-corrected chi connectivity index (χ3v) is 4.90. The van der Waals surface area contributed by atoms with Gasteiger partial charge in [0.2, 0.25) is 0 Å². The third kappa shape index (κ3) is 3.46. The molecule has 0 saturated heterocycles. The lowest BCUT2D eigenvalue weighted by atomic mass is 9.81. The average Bonchev–Trinajstić information content (AvgIpc) is 2.61. The number of aromatic nitrogens is 3. The number of nitrogens with one attached hydrogen (secondary N) is 1. The van der Waals surface area contributed by atoms with Crippen LogP contribution in [-0.4, -0.2) is 39.6 Å². The van der Waals surface area contributed by atoms with Crippen molar-refractivity contribution in [1.29, 1.82) is 5.41 Å². The van der Waals surface area contributed by atoms with Gasteiger partial charge in [-0.3, -0.25) is 14.3 Å². The van der Waals surface area contributed by atoms with E-state index in [-0.39, 0.29) is 5.69 Å². The molecule has 0 spiro atoms. The molecule has 0 radical (unpaired) electrons. The summed E-state index contributed by atoms with van der Waals surface area (Å²) in [5.41, 5.74) is -0.0241. The maximum atomic E-state index is 12.5. The van der Waals surface area contributed by atoms with E-state index in [1.54, 1.807) is 0 Å². The van der Waals surface area contributed by atoms with Gasteiger partial charge in [0, 0.05) is 31.8 Å². The van der Waals surface area contributed by atoms with Crippen molar-refractivity contribution in [2.75, 3.05) is 14.1 Å². The number of hydrogen-bond acceptors (Lipinski definition) is 5. The van der Waals surface area contributed by atoms with Crippen LogP contribution in [0.1, 0.15) is 30.5 Å². The molecule has 1 aromatic carbocycles. The summed E-state index contributed by atoms with van der Waals surface area (Å²) in [6.45, 7) is 2.07. The third-order valence-electron chi connectivity index (χ3n) is 4.90. The lowest BCUT2D eigenvalue weighted by Crippen LogP contribution is -2.44. The van der Waals surface area contributed by atoms with Crippen molar-refractivity contribution < 1.29 is 0 Å². The summed E-state index contributed by atoms with van der Waals surface area (Å²) in [6.07, 6.45) is 1.73. The molecular weight excluding hydrogens is 318 g/mol. The highest BCUT2D eigenvalue weighted by Crippen LogP contribution is 2.34. The first-order valence-corrected chi connectivity index (χ1v) is 8.10. The standard InChI is InChI=1S/C18H25N5O2/c1-18(21(2)3,14-9-7-6-8-10-14)11-13(12-19)15-16(24)22(4)17(25)23(5)20-15/h6-10,12-13,19H,11H2,1-5H3. The molecule has 2 atom stereocenters. The van der Waals surface area contributed by atoms with Gasteiger partial charge in [-0.25, -0.2) is 9.48 Å². The molecule has 0 bridgehead atoms. The molecular formula is C18H25N5O2. The molecule has 2 aromatic rings. The molecule has 1 N–H and O–H groups in total. The van der Waals surface area contributed by atoms with Crippen LogP contribution in [0.4, 0.5) is 0 Å². The zero-order valence-electron chi connectivity index (χ0n) is 15.4.